The smallest absolute Gasteiger partial charge is 0.191 e. The zero-order valence-corrected chi connectivity index (χ0v) is 18.3. The van der Waals surface area contributed by atoms with Gasteiger partial charge in [0.1, 0.15) is 11.4 Å². The van der Waals surface area contributed by atoms with Crippen LogP contribution in [0.4, 0.5) is 0 Å². The van der Waals surface area contributed by atoms with E-state index < -0.39 is 5.60 Å². The summed E-state index contributed by atoms with van der Waals surface area (Å²) in [6.07, 6.45) is 1.57. The van der Waals surface area contributed by atoms with Crippen LogP contribution in [0, 0.1) is 5.92 Å². The Morgan fingerprint density at radius 2 is 2.20 bits per heavy atom. The van der Waals surface area contributed by atoms with E-state index in [0.29, 0.717) is 23.8 Å². The summed E-state index contributed by atoms with van der Waals surface area (Å²) in [6, 6.07) is 4.46. The van der Waals surface area contributed by atoms with Crippen molar-refractivity contribution >= 4 is 29.9 Å². The predicted octanol–water partition coefficient (Wildman–Crippen LogP) is 2.39. The number of aliphatic hydroxyl groups is 1. The van der Waals surface area contributed by atoms with Gasteiger partial charge < -0.3 is 20.2 Å². The lowest BCUT2D eigenvalue weighted by molar-refractivity contribution is 0.0436. The second-order valence-corrected chi connectivity index (χ2v) is 7.22. The third-order valence-corrected chi connectivity index (χ3v) is 4.63. The molecule has 0 amide bonds. The normalized spacial score (nSPS) is 24.0. The van der Waals surface area contributed by atoms with Crippen LogP contribution in [0.2, 0.25) is 0 Å². The summed E-state index contributed by atoms with van der Waals surface area (Å²) in [5.41, 5.74) is -1.11. The molecule has 2 heterocycles. The van der Waals surface area contributed by atoms with E-state index in [0.717, 1.165) is 25.6 Å². The highest BCUT2D eigenvalue weighted by atomic mass is 127. The summed E-state index contributed by atoms with van der Waals surface area (Å²) >= 11 is 0. The van der Waals surface area contributed by atoms with Gasteiger partial charge >= 0.3 is 0 Å². The zero-order chi connectivity index (χ0) is 17.7. The molecule has 1 aromatic rings. The number of furan rings is 1. The molecule has 0 aromatic carbocycles. The van der Waals surface area contributed by atoms with Crippen LogP contribution in [0.3, 0.4) is 0 Å². The third kappa shape index (κ3) is 6.14. The van der Waals surface area contributed by atoms with Crippen LogP contribution in [0.15, 0.2) is 27.8 Å². The Kier molecular flexibility index (Phi) is 8.70. The third-order valence-electron chi connectivity index (χ3n) is 4.63. The monoisotopic (exact) mass is 464 g/mol. The molecule has 6 nitrogen and oxygen atoms in total. The van der Waals surface area contributed by atoms with E-state index in [1.807, 2.05) is 6.92 Å². The van der Waals surface area contributed by atoms with Crippen LogP contribution in [-0.2, 0) is 5.60 Å². The van der Waals surface area contributed by atoms with E-state index in [1.54, 1.807) is 25.3 Å². The van der Waals surface area contributed by atoms with Gasteiger partial charge in [0.05, 0.1) is 12.8 Å². The SMILES string of the molecule is CCNC(=NCC(C)(O)c1ccco1)NC1CN(C(C)C)CC1C.I. The van der Waals surface area contributed by atoms with Gasteiger partial charge in [0.25, 0.3) is 0 Å². The van der Waals surface area contributed by atoms with Crippen molar-refractivity contribution in [2.75, 3.05) is 26.2 Å². The summed E-state index contributed by atoms with van der Waals surface area (Å²) in [7, 11) is 0. The van der Waals surface area contributed by atoms with Crippen LogP contribution in [0.5, 0.6) is 0 Å². The molecule has 1 aromatic heterocycles. The molecule has 0 radical (unpaired) electrons. The summed E-state index contributed by atoms with van der Waals surface area (Å²) in [4.78, 5) is 7.05. The lowest BCUT2D eigenvalue weighted by Crippen LogP contribution is -2.47. The molecule has 0 spiro atoms. The van der Waals surface area contributed by atoms with E-state index in [-0.39, 0.29) is 30.5 Å². The maximum atomic E-state index is 10.6. The molecule has 0 bridgehead atoms. The lowest BCUT2D eigenvalue weighted by Gasteiger charge is -2.23. The number of aliphatic imine (C=N–C) groups is 1. The van der Waals surface area contributed by atoms with Gasteiger partial charge in [0.2, 0.25) is 0 Å². The van der Waals surface area contributed by atoms with Crippen molar-refractivity contribution in [3.63, 3.8) is 0 Å². The average molecular weight is 464 g/mol. The number of nitrogens with zero attached hydrogens (tertiary/aromatic N) is 2. The van der Waals surface area contributed by atoms with Crippen LogP contribution >= 0.6 is 24.0 Å². The Morgan fingerprint density at radius 1 is 1.48 bits per heavy atom. The van der Waals surface area contributed by atoms with E-state index in [4.69, 9.17) is 4.42 Å². The van der Waals surface area contributed by atoms with Gasteiger partial charge in [0.15, 0.2) is 5.96 Å². The maximum Gasteiger partial charge on any atom is 0.191 e. The summed E-state index contributed by atoms with van der Waals surface area (Å²) < 4.78 is 5.31. The van der Waals surface area contributed by atoms with Crippen LogP contribution in [-0.4, -0.2) is 54.2 Å². The van der Waals surface area contributed by atoms with Gasteiger partial charge in [0, 0.05) is 31.7 Å². The number of hydrogen-bond donors (Lipinski definition) is 3. The topological polar surface area (TPSA) is 73.0 Å². The van der Waals surface area contributed by atoms with Crippen LogP contribution < -0.4 is 10.6 Å². The first-order valence-corrected chi connectivity index (χ1v) is 8.88. The molecule has 25 heavy (non-hydrogen) atoms. The van der Waals surface area contributed by atoms with Crippen molar-refractivity contribution < 1.29 is 9.52 Å². The number of nitrogens with one attached hydrogen (secondary N) is 2. The molecule has 0 saturated carbocycles. The minimum Gasteiger partial charge on any atom is -0.466 e. The molecule has 3 unspecified atom stereocenters. The average Bonchev–Trinajstić information content (AvgIpc) is 3.16. The number of rotatable bonds is 6. The van der Waals surface area contributed by atoms with Gasteiger partial charge in [-0.1, -0.05) is 6.92 Å². The quantitative estimate of drug-likeness (QED) is 0.343. The van der Waals surface area contributed by atoms with Crippen LogP contribution in [0.25, 0.3) is 0 Å². The van der Waals surface area contributed by atoms with Crippen molar-refractivity contribution in [3.8, 4) is 0 Å². The van der Waals surface area contributed by atoms with Crippen molar-refractivity contribution in [2.24, 2.45) is 10.9 Å². The van der Waals surface area contributed by atoms with Crippen LogP contribution in [0.1, 0.15) is 40.4 Å². The highest BCUT2D eigenvalue weighted by Crippen LogP contribution is 2.21. The number of hydrogen-bond acceptors (Lipinski definition) is 4. The van der Waals surface area contributed by atoms with Crippen molar-refractivity contribution in [1.82, 2.24) is 15.5 Å². The van der Waals surface area contributed by atoms with E-state index in [9.17, 15) is 5.11 Å². The molecule has 7 heteroatoms. The van der Waals surface area contributed by atoms with Gasteiger partial charge in [-0.15, -0.1) is 24.0 Å². The molecule has 1 saturated heterocycles. The molecule has 3 N–H and O–H groups in total. The summed E-state index contributed by atoms with van der Waals surface area (Å²) in [5, 5.41) is 17.4. The Morgan fingerprint density at radius 3 is 2.72 bits per heavy atom. The fraction of sp³-hybridized carbons (Fsp3) is 0.722. The van der Waals surface area contributed by atoms with Gasteiger partial charge in [-0.05, 0) is 45.7 Å². The predicted molar refractivity (Wildman–Crippen MR) is 112 cm³/mol. The first kappa shape index (κ1) is 22.2. The highest BCUT2D eigenvalue weighted by Gasteiger charge is 2.32. The molecule has 144 valence electrons. The Hall–Kier alpha value is -0.800. The maximum absolute atomic E-state index is 10.6. The number of guanidine groups is 1. The Bertz CT molecular complexity index is 531. The van der Waals surface area contributed by atoms with E-state index in [1.165, 1.54) is 0 Å². The lowest BCUT2D eigenvalue weighted by atomic mass is 10.0. The minimum atomic E-state index is -1.11. The summed E-state index contributed by atoms with van der Waals surface area (Å²) in [5.74, 6) is 1.83. The fourth-order valence-electron chi connectivity index (χ4n) is 3.01. The first-order chi connectivity index (χ1) is 11.3. The van der Waals surface area contributed by atoms with Gasteiger partial charge in [-0.2, -0.15) is 0 Å². The minimum absolute atomic E-state index is 0. The molecular weight excluding hydrogens is 431 g/mol. The first-order valence-electron chi connectivity index (χ1n) is 8.88. The molecule has 1 aliphatic rings. The molecule has 2 rings (SSSR count). The fourth-order valence-corrected chi connectivity index (χ4v) is 3.01. The van der Waals surface area contributed by atoms with Crippen molar-refractivity contribution in [3.05, 3.63) is 24.2 Å². The molecule has 1 aliphatic heterocycles. The van der Waals surface area contributed by atoms with Gasteiger partial charge in [-0.3, -0.25) is 4.90 Å². The van der Waals surface area contributed by atoms with E-state index >= 15 is 0 Å². The van der Waals surface area contributed by atoms with Crippen molar-refractivity contribution in [1.29, 1.82) is 0 Å². The molecule has 3 atom stereocenters. The standard InChI is InChI=1S/C18H32N4O2.HI/c1-6-19-17(20-12-18(5,23)16-8-7-9-24-16)21-15-11-22(13(2)3)10-14(15)4;/h7-9,13-15,23H,6,10-12H2,1-5H3,(H2,19,20,21);1H. The second kappa shape index (κ2) is 9.78. The number of likely N-dealkylation sites (tertiary alicyclic amines) is 1. The number of halogens is 1. The van der Waals surface area contributed by atoms with Gasteiger partial charge in [-0.25, -0.2) is 4.99 Å². The Balaban J connectivity index is 0.00000312. The zero-order valence-electron chi connectivity index (χ0n) is 16.0. The largest absolute Gasteiger partial charge is 0.466 e. The second-order valence-electron chi connectivity index (χ2n) is 7.22. The highest BCUT2D eigenvalue weighted by molar-refractivity contribution is 14.0. The molecular formula is C18H33IN4O2. The van der Waals surface area contributed by atoms with Crippen molar-refractivity contribution in [2.45, 2.75) is 52.3 Å². The molecule has 0 aliphatic carbocycles. The van der Waals surface area contributed by atoms with E-state index in [2.05, 4.69) is 41.3 Å². The summed E-state index contributed by atoms with van der Waals surface area (Å²) in [6.45, 7) is 13.6. The Labute approximate surface area is 168 Å². The molecule has 1 fully saturated rings.